The maximum Gasteiger partial charge on any atom is 0.407 e. The van der Waals surface area contributed by atoms with Crippen LogP contribution < -0.4 is 5.32 Å². The first-order chi connectivity index (χ1) is 16.3. The van der Waals surface area contributed by atoms with Crippen molar-refractivity contribution in [1.82, 2.24) is 30.5 Å². The number of ketones is 1. The number of aromatic nitrogens is 5. The molecule has 2 heterocycles. The van der Waals surface area contributed by atoms with E-state index >= 15 is 0 Å². The van der Waals surface area contributed by atoms with Crippen LogP contribution in [0.2, 0.25) is 10.0 Å². The number of pyridine rings is 1. The van der Waals surface area contributed by atoms with Crippen LogP contribution >= 0.6 is 23.2 Å². The molecule has 1 atom stereocenters. The molecule has 0 spiro atoms. The van der Waals surface area contributed by atoms with Crippen molar-refractivity contribution in [3.05, 3.63) is 69.7 Å². The third-order valence-electron chi connectivity index (χ3n) is 4.57. The van der Waals surface area contributed by atoms with E-state index in [2.05, 4.69) is 25.7 Å². The molecule has 0 aliphatic heterocycles. The number of nitrogens with one attached hydrogen (secondary N) is 1. The van der Waals surface area contributed by atoms with E-state index in [9.17, 15) is 14.4 Å². The maximum atomic E-state index is 12.6. The SMILES string of the molecule is O=C(O)CC(NC(=O)OCCc1ccccn1)C(=O)Cn1nnc(Cc2c(Cl)cccc2Cl)n1. The second kappa shape index (κ2) is 12.1. The number of halogens is 2. The van der Waals surface area contributed by atoms with Crippen LogP contribution in [0.25, 0.3) is 0 Å². The molecule has 2 aromatic heterocycles. The summed E-state index contributed by atoms with van der Waals surface area (Å²) in [5, 5.41) is 24.1. The number of nitrogens with zero attached hydrogens (tertiary/aromatic N) is 5. The first-order valence-electron chi connectivity index (χ1n) is 10.1. The van der Waals surface area contributed by atoms with E-state index in [1.165, 1.54) is 0 Å². The number of carbonyl (C=O) groups is 3. The van der Waals surface area contributed by atoms with Crippen LogP contribution in [0.4, 0.5) is 4.79 Å². The Balaban J connectivity index is 1.56. The molecule has 0 bridgehead atoms. The largest absolute Gasteiger partial charge is 0.481 e. The van der Waals surface area contributed by atoms with E-state index in [0.29, 0.717) is 22.0 Å². The zero-order valence-corrected chi connectivity index (χ0v) is 19.2. The summed E-state index contributed by atoms with van der Waals surface area (Å²) in [4.78, 5) is 41.0. The quantitative estimate of drug-likeness (QED) is 0.399. The zero-order valence-electron chi connectivity index (χ0n) is 17.7. The van der Waals surface area contributed by atoms with Crippen LogP contribution in [-0.4, -0.2) is 60.8 Å². The molecule has 1 unspecified atom stereocenters. The van der Waals surface area contributed by atoms with E-state index in [-0.39, 0.29) is 18.9 Å². The van der Waals surface area contributed by atoms with Crippen molar-refractivity contribution in [2.75, 3.05) is 6.61 Å². The number of tetrazole rings is 1. The Morgan fingerprint density at radius 1 is 1.12 bits per heavy atom. The summed E-state index contributed by atoms with van der Waals surface area (Å²) in [5.74, 6) is -1.64. The van der Waals surface area contributed by atoms with E-state index in [0.717, 1.165) is 10.5 Å². The van der Waals surface area contributed by atoms with Crippen LogP contribution in [-0.2, 0) is 33.7 Å². The summed E-state index contributed by atoms with van der Waals surface area (Å²) < 4.78 is 5.04. The van der Waals surface area contributed by atoms with Crippen LogP contribution in [0, 0.1) is 0 Å². The molecule has 13 heteroatoms. The normalized spacial score (nSPS) is 11.6. The van der Waals surface area contributed by atoms with Gasteiger partial charge in [-0.1, -0.05) is 35.3 Å². The van der Waals surface area contributed by atoms with Gasteiger partial charge in [0, 0.05) is 34.8 Å². The molecule has 0 saturated carbocycles. The lowest BCUT2D eigenvalue weighted by Crippen LogP contribution is -2.44. The summed E-state index contributed by atoms with van der Waals surface area (Å²) in [6, 6.07) is 9.05. The highest BCUT2D eigenvalue weighted by Gasteiger charge is 2.25. The fourth-order valence-corrected chi connectivity index (χ4v) is 3.45. The summed E-state index contributed by atoms with van der Waals surface area (Å²) in [6.45, 7) is -0.398. The van der Waals surface area contributed by atoms with Gasteiger partial charge in [0.2, 0.25) is 0 Å². The predicted octanol–water partition coefficient (Wildman–Crippen LogP) is 2.35. The van der Waals surface area contributed by atoms with E-state index in [4.69, 9.17) is 33.0 Å². The number of rotatable bonds is 11. The summed E-state index contributed by atoms with van der Waals surface area (Å²) >= 11 is 12.3. The van der Waals surface area contributed by atoms with E-state index in [1.54, 1.807) is 42.6 Å². The van der Waals surface area contributed by atoms with Crippen LogP contribution in [0.1, 0.15) is 23.5 Å². The van der Waals surface area contributed by atoms with Gasteiger partial charge in [0.25, 0.3) is 0 Å². The Labute approximate surface area is 204 Å². The van der Waals surface area contributed by atoms with Crippen LogP contribution in [0.15, 0.2) is 42.6 Å². The minimum atomic E-state index is -1.34. The van der Waals surface area contributed by atoms with E-state index in [1.807, 2.05) is 0 Å². The van der Waals surface area contributed by atoms with Crippen molar-refractivity contribution in [2.24, 2.45) is 0 Å². The number of carbonyl (C=O) groups excluding carboxylic acids is 2. The number of hydrogen-bond donors (Lipinski definition) is 2. The van der Waals surface area contributed by atoms with Crippen LogP contribution in [0.3, 0.4) is 0 Å². The molecule has 0 aliphatic rings. The Morgan fingerprint density at radius 3 is 2.56 bits per heavy atom. The second-order valence-corrected chi connectivity index (χ2v) is 7.90. The van der Waals surface area contributed by atoms with Gasteiger partial charge in [0.1, 0.15) is 12.6 Å². The molecule has 0 fully saturated rings. The number of amides is 1. The highest BCUT2D eigenvalue weighted by molar-refractivity contribution is 6.36. The molecule has 178 valence electrons. The second-order valence-electron chi connectivity index (χ2n) is 7.08. The monoisotopic (exact) mass is 506 g/mol. The highest BCUT2D eigenvalue weighted by Crippen LogP contribution is 2.25. The molecule has 0 aliphatic carbocycles. The van der Waals surface area contributed by atoms with E-state index < -0.39 is 36.9 Å². The third-order valence-corrected chi connectivity index (χ3v) is 5.27. The summed E-state index contributed by atoms with van der Waals surface area (Å²) in [7, 11) is 0. The number of alkyl carbamates (subject to hydrolysis) is 1. The minimum Gasteiger partial charge on any atom is -0.481 e. The Morgan fingerprint density at radius 2 is 1.88 bits per heavy atom. The van der Waals surface area contributed by atoms with Crippen molar-refractivity contribution < 1.29 is 24.2 Å². The molecular formula is C21H20Cl2N6O5. The molecule has 3 rings (SSSR count). The lowest BCUT2D eigenvalue weighted by atomic mass is 10.1. The molecular weight excluding hydrogens is 487 g/mol. The van der Waals surface area contributed by atoms with Crippen molar-refractivity contribution in [3.63, 3.8) is 0 Å². The number of hydrogen-bond acceptors (Lipinski definition) is 8. The highest BCUT2D eigenvalue weighted by atomic mass is 35.5. The maximum absolute atomic E-state index is 12.6. The van der Waals surface area contributed by atoms with Crippen molar-refractivity contribution >= 4 is 41.0 Å². The standard InChI is InChI=1S/C21H20Cl2N6O5/c22-15-5-3-6-16(23)14(15)10-19-26-28-29(27-19)12-18(30)17(11-20(31)32)25-21(33)34-9-7-13-4-1-2-8-24-13/h1-6,8,17H,7,9-12H2,(H,25,33)(H,31,32). The topological polar surface area (TPSA) is 149 Å². The summed E-state index contributed by atoms with van der Waals surface area (Å²) in [5.41, 5.74) is 1.33. The fourth-order valence-electron chi connectivity index (χ4n) is 2.92. The average molecular weight is 507 g/mol. The van der Waals surface area contributed by atoms with Crippen molar-refractivity contribution in [1.29, 1.82) is 0 Å². The fraction of sp³-hybridized carbons (Fsp3) is 0.286. The molecule has 0 radical (unpaired) electrons. The molecule has 0 saturated heterocycles. The number of ether oxygens (including phenoxy) is 1. The smallest absolute Gasteiger partial charge is 0.407 e. The molecule has 3 aromatic rings. The minimum absolute atomic E-state index is 0.00935. The van der Waals surface area contributed by atoms with Gasteiger partial charge in [-0.25, -0.2) is 4.79 Å². The van der Waals surface area contributed by atoms with Crippen LogP contribution in [0.5, 0.6) is 0 Å². The first kappa shape index (κ1) is 25.1. The molecule has 34 heavy (non-hydrogen) atoms. The van der Waals surface area contributed by atoms with Gasteiger partial charge < -0.3 is 15.2 Å². The Hall–Kier alpha value is -3.57. The number of carboxylic acid groups (broad SMARTS) is 1. The van der Waals surface area contributed by atoms with Gasteiger partial charge in [-0.3, -0.25) is 14.6 Å². The van der Waals surface area contributed by atoms with Gasteiger partial charge in [-0.05, 0) is 35.0 Å². The van der Waals surface area contributed by atoms with Gasteiger partial charge in [-0.2, -0.15) is 4.80 Å². The molecule has 1 amide bonds. The number of aliphatic carboxylic acids is 1. The van der Waals surface area contributed by atoms with Gasteiger partial charge >= 0.3 is 12.1 Å². The van der Waals surface area contributed by atoms with Gasteiger partial charge in [0.15, 0.2) is 11.6 Å². The molecule has 1 aromatic carbocycles. The van der Waals surface area contributed by atoms with Gasteiger partial charge in [0.05, 0.1) is 13.0 Å². The lowest BCUT2D eigenvalue weighted by molar-refractivity contribution is -0.139. The molecule has 11 nitrogen and oxygen atoms in total. The number of carboxylic acids is 1. The zero-order chi connectivity index (χ0) is 24.5. The lowest BCUT2D eigenvalue weighted by Gasteiger charge is -2.15. The van der Waals surface area contributed by atoms with Crippen molar-refractivity contribution in [3.8, 4) is 0 Å². The average Bonchev–Trinajstić information content (AvgIpc) is 3.23. The number of Topliss-reactive ketones (excluding diaryl/α,β-unsaturated/α-hetero) is 1. The Bertz CT molecular complexity index is 1140. The first-order valence-corrected chi connectivity index (χ1v) is 10.8. The molecule has 2 N–H and O–H groups in total. The van der Waals surface area contributed by atoms with Gasteiger partial charge in [-0.15, -0.1) is 10.2 Å². The predicted molar refractivity (Wildman–Crippen MR) is 121 cm³/mol. The Kier molecular flexibility index (Phi) is 8.88. The third kappa shape index (κ3) is 7.49. The van der Waals surface area contributed by atoms with Crippen molar-refractivity contribution in [2.45, 2.75) is 31.8 Å². The summed E-state index contributed by atoms with van der Waals surface area (Å²) in [6.07, 6.45) is 0.615. The number of benzene rings is 1.